The third kappa shape index (κ3) is 8.23. The highest BCUT2D eigenvalue weighted by Gasteiger charge is 2.40. The van der Waals surface area contributed by atoms with Crippen molar-refractivity contribution in [1.82, 2.24) is 0 Å². The Balaban J connectivity index is 1.07. The van der Waals surface area contributed by atoms with Crippen LogP contribution in [0.15, 0.2) is 146 Å². The molecule has 0 spiro atoms. The molecule has 4 heteroatoms. The van der Waals surface area contributed by atoms with Crippen LogP contribution < -0.4 is 0 Å². The second-order valence-corrected chi connectivity index (χ2v) is 15.2. The van der Waals surface area contributed by atoms with Gasteiger partial charge in [-0.05, 0) is 84.0 Å². The van der Waals surface area contributed by atoms with Crippen LogP contribution in [-0.2, 0) is 9.47 Å². The van der Waals surface area contributed by atoms with Gasteiger partial charge in [0.1, 0.15) is 12.2 Å². The maximum Gasteiger partial charge on any atom is 0.338 e. The van der Waals surface area contributed by atoms with E-state index in [9.17, 15) is 9.59 Å². The van der Waals surface area contributed by atoms with Crippen LogP contribution in [0.2, 0.25) is 0 Å². The van der Waals surface area contributed by atoms with Crippen molar-refractivity contribution in [3.63, 3.8) is 0 Å². The summed E-state index contributed by atoms with van der Waals surface area (Å²) in [4.78, 5) is 27.5. The van der Waals surface area contributed by atoms with Gasteiger partial charge in [-0.3, -0.25) is 0 Å². The Hall–Kier alpha value is -4.96. The molecule has 2 aliphatic rings. The number of benzene rings is 5. The quantitative estimate of drug-likeness (QED) is 0.137. The SMILES string of the molecule is C[C@@H]1CC[C@@H](C(c2ccccc2)c2ccccc2)[C@H](OC(=O)c2ccc(C(=O)O[C@@H]3C[C@H](C)CC[C@H]3C(c3ccccc3)c3ccccc3)cc2)C1. The maximum atomic E-state index is 13.7. The molecule has 0 aromatic heterocycles. The van der Waals surface area contributed by atoms with Crippen molar-refractivity contribution in [3.05, 3.63) is 179 Å². The zero-order chi connectivity index (χ0) is 35.9. The van der Waals surface area contributed by atoms with Gasteiger partial charge in [0.05, 0.1) is 11.1 Å². The van der Waals surface area contributed by atoms with Crippen LogP contribution in [0.4, 0.5) is 0 Å². The monoisotopic (exact) mass is 690 g/mol. The van der Waals surface area contributed by atoms with Gasteiger partial charge in [0, 0.05) is 23.7 Å². The topological polar surface area (TPSA) is 52.6 Å². The van der Waals surface area contributed by atoms with E-state index in [0.29, 0.717) is 23.0 Å². The lowest BCUT2D eigenvalue weighted by molar-refractivity contribution is -0.0116. The molecule has 0 heterocycles. The predicted octanol–water partition coefficient (Wildman–Crippen LogP) is 11.3. The van der Waals surface area contributed by atoms with E-state index in [0.717, 1.165) is 38.5 Å². The standard InChI is InChI=1S/C48H50O4/c1-33-23-29-41(45(35-15-7-3-8-16-35)36-17-9-4-10-18-36)43(31-33)51-47(49)39-25-27-40(28-26-39)48(50)52-44-32-34(2)24-30-42(44)46(37-19-11-5-12-20-37)38-21-13-6-14-22-38/h3-22,25-28,33-34,41-46H,23-24,29-32H2,1-2H3/t33-,34-,41-,42-,43-,44-/m1/s1. The maximum absolute atomic E-state index is 13.7. The zero-order valence-corrected chi connectivity index (χ0v) is 30.4. The van der Waals surface area contributed by atoms with Gasteiger partial charge in [-0.1, -0.05) is 148 Å². The molecule has 52 heavy (non-hydrogen) atoms. The molecule has 2 fully saturated rings. The zero-order valence-electron chi connectivity index (χ0n) is 30.4. The highest BCUT2D eigenvalue weighted by atomic mass is 16.5. The molecular weight excluding hydrogens is 641 g/mol. The smallest absolute Gasteiger partial charge is 0.338 e. The van der Waals surface area contributed by atoms with Crippen molar-refractivity contribution < 1.29 is 19.1 Å². The Labute approximate surface area is 309 Å². The molecule has 7 rings (SSSR count). The average Bonchev–Trinajstić information content (AvgIpc) is 3.18. The molecule has 4 nitrogen and oxygen atoms in total. The van der Waals surface area contributed by atoms with Crippen molar-refractivity contribution in [2.24, 2.45) is 23.7 Å². The van der Waals surface area contributed by atoms with Crippen molar-refractivity contribution >= 4 is 11.9 Å². The number of hydrogen-bond donors (Lipinski definition) is 0. The Morgan fingerprint density at radius 2 is 0.731 bits per heavy atom. The summed E-state index contributed by atoms with van der Waals surface area (Å²) in [6, 6.07) is 49.2. The molecule has 6 atom stereocenters. The summed E-state index contributed by atoms with van der Waals surface area (Å²) in [5.74, 6) is 0.791. The normalized spacial score (nSPS) is 23.2. The van der Waals surface area contributed by atoms with Gasteiger partial charge in [0.25, 0.3) is 0 Å². The van der Waals surface area contributed by atoms with Crippen LogP contribution >= 0.6 is 0 Å². The number of rotatable bonds is 10. The number of carbonyl (C=O) groups excluding carboxylic acids is 2. The first-order valence-corrected chi connectivity index (χ1v) is 19.2. The van der Waals surface area contributed by atoms with E-state index in [1.165, 1.54) is 22.3 Å². The summed E-state index contributed by atoms with van der Waals surface area (Å²) in [6.07, 6.45) is 5.37. The van der Waals surface area contributed by atoms with Crippen molar-refractivity contribution in [2.45, 2.75) is 76.4 Å². The Kier molecular flexibility index (Phi) is 11.3. The van der Waals surface area contributed by atoms with Gasteiger partial charge in [-0.15, -0.1) is 0 Å². The third-order valence-electron chi connectivity index (χ3n) is 11.6. The minimum atomic E-state index is -0.348. The van der Waals surface area contributed by atoms with Crippen LogP contribution in [0, 0.1) is 23.7 Å². The van der Waals surface area contributed by atoms with E-state index in [2.05, 4.69) is 111 Å². The number of carbonyl (C=O) groups is 2. The minimum absolute atomic E-state index is 0.125. The number of ether oxygens (including phenoxy) is 2. The summed E-state index contributed by atoms with van der Waals surface area (Å²) in [6.45, 7) is 4.49. The van der Waals surface area contributed by atoms with Crippen LogP contribution in [0.25, 0.3) is 0 Å². The minimum Gasteiger partial charge on any atom is -0.458 e. The van der Waals surface area contributed by atoms with Gasteiger partial charge in [-0.25, -0.2) is 9.59 Å². The van der Waals surface area contributed by atoms with Gasteiger partial charge in [0.15, 0.2) is 0 Å². The van der Waals surface area contributed by atoms with E-state index >= 15 is 0 Å². The van der Waals surface area contributed by atoms with Crippen molar-refractivity contribution in [3.8, 4) is 0 Å². The van der Waals surface area contributed by atoms with E-state index in [-0.39, 0.29) is 47.8 Å². The fourth-order valence-electron chi connectivity index (χ4n) is 8.91. The lowest BCUT2D eigenvalue weighted by Crippen LogP contribution is -2.37. The lowest BCUT2D eigenvalue weighted by Gasteiger charge is -2.39. The Morgan fingerprint density at radius 3 is 1.02 bits per heavy atom. The molecule has 266 valence electrons. The largest absolute Gasteiger partial charge is 0.458 e. The van der Waals surface area contributed by atoms with Gasteiger partial charge in [0.2, 0.25) is 0 Å². The van der Waals surface area contributed by atoms with Gasteiger partial charge < -0.3 is 9.47 Å². The second-order valence-electron chi connectivity index (χ2n) is 15.2. The van der Waals surface area contributed by atoms with Gasteiger partial charge >= 0.3 is 11.9 Å². The lowest BCUT2D eigenvalue weighted by atomic mass is 9.69. The van der Waals surface area contributed by atoms with Crippen molar-refractivity contribution in [2.75, 3.05) is 0 Å². The van der Waals surface area contributed by atoms with E-state index < -0.39 is 0 Å². The summed E-state index contributed by atoms with van der Waals surface area (Å²) >= 11 is 0. The summed E-state index contributed by atoms with van der Waals surface area (Å²) < 4.78 is 12.8. The highest BCUT2D eigenvalue weighted by molar-refractivity contribution is 5.93. The molecule has 0 aliphatic heterocycles. The predicted molar refractivity (Wildman–Crippen MR) is 207 cm³/mol. The molecule has 2 saturated carbocycles. The molecule has 2 aliphatic carbocycles. The van der Waals surface area contributed by atoms with E-state index in [1.807, 2.05) is 24.3 Å². The molecule has 0 saturated heterocycles. The molecule has 5 aromatic carbocycles. The molecule has 0 bridgehead atoms. The summed E-state index contributed by atoms with van der Waals surface area (Å²) in [5, 5.41) is 0. The average molecular weight is 691 g/mol. The van der Waals surface area contributed by atoms with Gasteiger partial charge in [-0.2, -0.15) is 0 Å². The fourth-order valence-corrected chi connectivity index (χ4v) is 8.91. The number of hydrogen-bond acceptors (Lipinski definition) is 4. The summed E-state index contributed by atoms with van der Waals surface area (Å²) in [7, 11) is 0. The van der Waals surface area contributed by atoms with Crippen LogP contribution in [0.5, 0.6) is 0 Å². The summed E-state index contributed by atoms with van der Waals surface area (Å²) in [5.41, 5.74) is 5.86. The second kappa shape index (κ2) is 16.6. The van der Waals surface area contributed by atoms with Crippen LogP contribution in [0.1, 0.15) is 107 Å². The van der Waals surface area contributed by atoms with Crippen LogP contribution in [0.3, 0.4) is 0 Å². The number of esters is 2. The first-order valence-electron chi connectivity index (χ1n) is 19.2. The van der Waals surface area contributed by atoms with Crippen molar-refractivity contribution in [1.29, 1.82) is 0 Å². The third-order valence-corrected chi connectivity index (χ3v) is 11.6. The molecule has 0 amide bonds. The highest BCUT2D eigenvalue weighted by Crippen LogP contribution is 2.45. The first kappa shape index (κ1) is 35.4. The molecule has 0 radical (unpaired) electrons. The molecule has 5 aromatic rings. The van der Waals surface area contributed by atoms with E-state index in [1.54, 1.807) is 24.3 Å². The van der Waals surface area contributed by atoms with E-state index in [4.69, 9.17) is 9.47 Å². The molecular formula is C48H50O4. The van der Waals surface area contributed by atoms with Crippen LogP contribution in [-0.4, -0.2) is 24.1 Å². The molecule has 0 unspecified atom stereocenters. The Bertz CT molecular complexity index is 1650. The molecule has 0 N–H and O–H groups in total. The Morgan fingerprint density at radius 1 is 0.442 bits per heavy atom. The fraction of sp³-hybridized carbons (Fsp3) is 0.333. The first-order chi connectivity index (χ1) is 25.4.